The molecule has 0 spiro atoms. The van der Waals surface area contributed by atoms with Crippen LogP contribution in [0.5, 0.6) is 5.75 Å². The Kier molecular flexibility index (Phi) is 9.45. The summed E-state index contributed by atoms with van der Waals surface area (Å²) in [6, 6.07) is 15.7. The van der Waals surface area contributed by atoms with Crippen LogP contribution in [0.15, 0.2) is 48.7 Å². The number of methoxy groups -OCH3 is 1. The van der Waals surface area contributed by atoms with Crippen LogP contribution in [-0.2, 0) is 14.6 Å². The van der Waals surface area contributed by atoms with Crippen molar-refractivity contribution < 1.29 is 14.0 Å². The van der Waals surface area contributed by atoms with E-state index < -0.39 is 8.32 Å². The van der Waals surface area contributed by atoms with Gasteiger partial charge in [-0.25, -0.2) is 4.98 Å². The maximum Gasteiger partial charge on any atom is 0.230 e. The zero-order chi connectivity index (χ0) is 34.6. The number of ether oxygens (including phenoxy) is 1. The minimum Gasteiger partial charge on any atom is -0.496 e. The summed E-state index contributed by atoms with van der Waals surface area (Å²) in [6.07, 6.45) is 15.8. The number of nitrogens with zero attached hydrogens (tertiary/aromatic N) is 2. The predicted octanol–water partition coefficient (Wildman–Crippen LogP) is 11.2. The standard InChI is InChI=1S/C42H58N2O3SSi/c1-29-25-33(15-18-36(29)46-5)42-22-19-41(20-23-42,21-24-42)28-44(34-10-8-9-32(26-34)37-27-43-38(48-37)30-11-12-30)39(45)31-13-16-35(17-14-31)47-49(6,7)40(2,3)4/h8-10,15,18,25-27,30-31,35H,11-14,16-17,19-24,28H2,1-7H3/t31-,35-,41?,42?. The van der Waals surface area contributed by atoms with Crippen molar-refractivity contribution in [1.82, 2.24) is 4.98 Å². The van der Waals surface area contributed by atoms with Crippen molar-refractivity contribution >= 4 is 31.2 Å². The van der Waals surface area contributed by atoms with E-state index in [-0.39, 0.29) is 27.9 Å². The highest BCUT2D eigenvalue weighted by atomic mass is 32.1. The van der Waals surface area contributed by atoms with Gasteiger partial charge in [0, 0.05) is 36.4 Å². The molecule has 1 heterocycles. The summed E-state index contributed by atoms with van der Waals surface area (Å²) >= 11 is 1.83. The molecule has 0 atom stereocenters. The monoisotopic (exact) mass is 698 g/mol. The average molecular weight is 699 g/mol. The average Bonchev–Trinajstić information content (AvgIpc) is 3.83. The molecule has 0 aliphatic heterocycles. The number of hydrogen-bond acceptors (Lipinski definition) is 5. The molecule has 8 rings (SSSR count). The lowest BCUT2D eigenvalue weighted by atomic mass is 9.51. The van der Waals surface area contributed by atoms with Crippen molar-refractivity contribution in [2.75, 3.05) is 18.6 Å². The zero-order valence-corrected chi connectivity index (χ0v) is 32.9. The van der Waals surface area contributed by atoms with Gasteiger partial charge >= 0.3 is 0 Å². The van der Waals surface area contributed by atoms with Gasteiger partial charge in [-0.15, -0.1) is 11.3 Å². The molecule has 5 aliphatic carbocycles. The van der Waals surface area contributed by atoms with E-state index in [9.17, 15) is 4.79 Å². The zero-order valence-electron chi connectivity index (χ0n) is 31.1. The van der Waals surface area contributed by atoms with E-state index >= 15 is 0 Å². The molecule has 3 aromatic rings. The molecule has 5 nitrogen and oxygen atoms in total. The number of rotatable bonds is 10. The van der Waals surface area contributed by atoms with E-state index in [1.54, 1.807) is 7.11 Å². The fraction of sp³-hybridized carbons (Fsp3) is 0.619. The summed E-state index contributed by atoms with van der Waals surface area (Å²) in [7, 11) is -0.0806. The first-order valence-electron chi connectivity index (χ1n) is 19.0. The second kappa shape index (κ2) is 13.2. The molecule has 1 amide bonds. The van der Waals surface area contributed by atoms with Crippen LogP contribution < -0.4 is 9.64 Å². The lowest BCUT2D eigenvalue weighted by Gasteiger charge is -2.55. The van der Waals surface area contributed by atoms with Gasteiger partial charge in [0.05, 0.1) is 17.0 Å². The van der Waals surface area contributed by atoms with Gasteiger partial charge in [-0.1, -0.05) is 45.0 Å². The number of aryl methyl sites for hydroxylation is 1. The van der Waals surface area contributed by atoms with Crippen molar-refractivity contribution in [3.63, 3.8) is 0 Å². The van der Waals surface area contributed by atoms with E-state index in [0.29, 0.717) is 11.8 Å². The van der Waals surface area contributed by atoms with Gasteiger partial charge in [0.2, 0.25) is 5.91 Å². The van der Waals surface area contributed by atoms with Gasteiger partial charge in [0.1, 0.15) is 5.75 Å². The highest BCUT2D eigenvalue weighted by Gasteiger charge is 2.51. The van der Waals surface area contributed by atoms with Crippen molar-refractivity contribution in [3.05, 3.63) is 64.8 Å². The Morgan fingerprint density at radius 3 is 2.27 bits per heavy atom. The Morgan fingerprint density at radius 2 is 1.65 bits per heavy atom. The Morgan fingerprint density at radius 1 is 0.959 bits per heavy atom. The largest absolute Gasteiger partial charge is 0.496 e. The number of carbonyl (C=O) groups is 1. The Balaban J connectivity index is 1.11. The van der Waals surface area contributed by atoms with Crippen LogP contribution in [0.1, 0.15) is 120 Å². The molecule has 0 saturated heterocycles. The number of anilines is 1. The summed E-state index contributed by atoms with van der Waals surface area (Å²) in [5.41, 5.74) is 5.37. The Bertz CT molecular complexity index is 1640. The number of hydrogen-bond donors (Lipinski definition) is 0. The van der Waals surface area contributed by atoms with Crippen LogP contribution in [0.2, 0.25) is 18.1 Å². The van der Waals surface area contributed by atoms with Gasteiger partial charge in [0.15, 0.2) is 8.32 Å². The van der Waals surface area contributed by atoms with E-state index in [4.69, 9.17) is 14.1 Å². The second-order valence-corrected chi connectivity index (χ2v) is 23.4. The molecule has 5 saturated carbocycles. The fourth-order valence-corrected chi connectivity index (χ4v) is 11.3. The molecular formula is C42H58N2O3SSi. The van der Waals surface area contributed by atoms with E-state index in [1.807, 2.05) is 11.3 Å². The minimum absolute atomic E-state index is 0.0535. The highest BCUT2D eigenvalue weighted by molar-refractivity contribution is 7.15. The predicted molar refractivity (Wildman–Crippen MR) is 205 cm³/mol. The highest BCUT2D eigenvalue weighted by Crippen LogP contribution is 2.58. The molecule has 2 bridgehead atoms. The van der Waals surface area contributed by atoms with E-state index in [1.165, 1.54) is 77.9 Å². The SMILES string of the molecule is COc1ccc(C23CCC(CN(c4cccc(-c5cnc(C6CC6)s5)c4)C(=O)[C@H]4CC[C@H](O[Si](C)(C)C(C)(C)C)CC4)(CC2)CC3)cc1C. The van der Waals surface area contributed by atoms with Crippen LogP contribution in [0.3, 0.4) is 0 Å². The van der Waals surface area contributed by atoms with Crippen LogP contribution in [0.4, 0.5) is 5.69 Å². The molecule has 5 fully saturated rings. The molecule has 2 aromatic carbocycles. The number of aromatic nitrogens is 1. The first-order chi connectivity index (χ1) is 23.3. The van der Waals surface area contributed by atoms with Crippen LogP contribution in [0, 0.1) is 18.3 Å². The van der Waals surface area contributed by atoms with Crippen molar-refractivity contribution in [3.8, 4) is 16.2 Å². The lowest BCUT2D eigenvalue weighted by molar-refractivity contribution is -0.124. The first kappa shape index (κ1) is 34.9. The summed E-state index contributed by atoms with van der Waals surface area (Å²) in [5.74, 6) is 2.01. The number of thiazole rings is 1. The van der Waals surface area contributed by atoms with Gasteiger partial charge < -0.3 is 14.1 Å². The Hall–Kier alpha value is -2.48. The lowest BCUT2D eigenvalue weighted by Crippen LogP contribution is -2.52. The third kappa shape index (κ3) is 7.06. The van der Waals surface area contributed by atoms with Crippen LogP contribution in [-0.4, -0.2) is 39.0 Å². The fourth-order valence-electron chi connectivity index (χ4n) is 8.78. The number of fused-ring (bicyclic) bond motifs is 3. The number of benzene rings is 2. The molecule has 1 aromatic heterocycles. The minimum atomic E-state index is -1.84. The molecule has 264 valence electrons. The second-order valence-electron chi connectivity index (χ2n) is 17.6. The van der Waals surface area contributed by atoms with Gasteiger partial charge in [-0.2, -0.15) is 0 Å². The third-order valence-electron chi connectivity index (χ3n) is 13.4. The molecular weight excluding hydrogens is 641 g/mol. The van der Waals surface area contributed by atoms with Gasteiger partial charge in [-0.05, 0) is 148 Å². The van der Waals surface area contributed by atoms with Gasteiger partial charge in [-0.3, -0.25) is 4.79 Å². The molecule has 0 radical (unpaired) electrons. The normalized spacial score (nSPS) is 27.2. The van der Waals surface area contributed by atoms with Crippen molar-refractivity contribution in [1.29, 1.82) is 0 Å². The number of carbonyl (C=O) groups excluding carboxylic acids is 1. The maximum atomic E-state index is 14.8. The van der Waals surface area contributed by atoms with Gasteiger partial charge in [0.25, 0.3) is 0 Å². The third-order valence-corrected chi connectivity index (χ3v) is 19.1. The molecule has 7 heteroatoms. The summed E-state index contributed by atoms with van der Waals surface area (Å²) in [5, 5.41) is 1.46. The van der Waals surface area contributed by atoms with Crippen LogP contribution >= 0.6 is 11.3 Å². The smallest absolute Gasteiger partial charge is 0.230 e. The summed E-state index contributed by atoms with van der Waals surface area (Å²) < 4.78 is 12.4. The van der Waals surface area contributed by atoms with E-state index in [2.05, 4.69) is 94.4 Å². The van der Waals surface area contributed by atoms with Crippen molar-refractivity contribution in [2.45, 2.75) is 140 Å². The summed E-state index contributed by atoms with van der Waals surface area (Å²) in [6.45, 7) is 14.6. The molecule has 5 aliphatic rings. The van der Waals surface area contributed by atoms with Crippen molar-refractivity contribution in [2.24, 2.45) is 11.3 Å². The van der Waals surface area contributed by atoms with Crippen LogP contribution in [0.25, 0.3) is 10.4 Å². The molecule has 0 unspecified atom stereocenters. The van der Waals surface area contributed by atoms with E-state index in [0.717, 1.165) is 43.7 Å². The molecule has 49 heavy (non-hydrogen) atoms. The maximum absolute atomic E-state index is 14.8. The number of amides is 1. The Labute approximate surface area is 300 Å². The molecule has 0 N–H and O–H groups in total. The summed E-state index contributed by atoms with van der Waals surface area (Å²) in [4.78, 5) is 23.0. The quantitative estimate of drug-likeness (QED) is 0.198. The topological polar surface area (TPSA) is 51.7 Å². The first-order valence-corrected chi connectivity index (χ1v) is 22.7.